The zero-order valence-electron chi connectivity index (χ0n) is 9.99. The highest BCUT2D eigenvalue weighted by atomic mass is 19.2. The molecule has 0 amide bonds. The summed E-state index contributed by atoms with van der Waals surface area (Å²) in [4.78, 5) is 13.2. The number of ether oxygens (including phenoxy) is 1. The summed E-state index contributed by atoms with van der Waals surface area (Å²) < 4.78 is 30.9. The van der Waals surface area contributed by atoms with Gasteiger partial charge in [0.15, 0.2) is 11.6 Å². The number of rotatable bonds is 4. The Morgan fingerprint density at radius 2 is 1.89 bits per heavy atom. The van der Waals surface area contributed by atoms with Crippen molar-refractivity contribution >= 4 is 5.78 Å². The quantitative estimate of drug-likeness (QED) is 0.824. The predicted molar refractivity (Wildman–Crippen MR) is 62.5 cm³/mol. The average molecular weight is 255 g/mol. The molecule has 1 fully saturated rings. The van der Waals surface area contributed by atoms with E-state index in [9.17, 15) is 13.6 Å². The van der Waals surface area contributed by atoms with Crippen molar-refractivity contribution in [3.63, 3.8) is 0 Å². The van der Waals surface area contributed by atoms with E-state index in [0.717, 1.165) is 25.2 Å². The fraction of sp³-hybridized carbons (Fsp3) is 0.462. The standard InChI is InChI=1S/C13H15F2NO2/c14-12-2-1-11(9-13(12)15)18-8-7-16-5-3-10(17)4-6-16/h1-2,9H,3-8H2. The van der Waals surface area contributed by atoms with Crippen molar-refractivity contribution in [2.75, 3.05) is 26.2 Å². The molecule has 1 aromatic rings. The molecule has 0 aliphatic carbocycles. The molecular formula is C13H15F2NO2. The average Bonchev–Trinajstić information content (AvgIpc) is 2.36. The minimum Gasteiger partial charge on any atom is -0.492 e. The molecule has 1 aliphatic rings. The highest BCUT2D eigenvalue weighted by molar-refractivity contribution is 5.79. The zero-order valence-corrected chi connectivity index (χ0v) is 9.99. The first-order valence-corrected chi connectivity index (χ1v) is 5.97. The number of carbonyl (C=O) groups excluding carboxylic acids is 1. The van der Waals surface area contributed by atoms with E-state index >= 15 is 0 Å². The van der Waals surface area contributed by atoms with Gasteiger partial charge in [-0.1, -0.05) is 0 Å². The van der Waals surface area contributed by atoms with Crippen LogP contribution < -0.4 is 4.74 Å². The van der Waals surface area contributed by atoms with Gasteiger partial charge in [0, 0.05) is 38.5 Å². The second kappa shape index (κ2) is 5.91. The van der Waals surface area contributed by atoms with E-state index in [-0.39, 0.29) is 0 Å². The SMILES string of the molecule is O=C1CCN(CCOc2ccc(F)c(F)c2)CC1. The molecule has 1 heterocycles. The molecule has 3 nitrogen and oxygen atoms in total. The van der Waals surface area contributed by atoms with Crippen LogP contribution in [-0.2, 0) is 4.79 Å². The zero-order chi connectivity index (χ0) is 13.0. The summed E-state index contributed by atoms with van der Waals surface area (Å²) in [6.45, 7) is 2.59. The largest absolute Gasteiger partial charge is 0.492 e. The molecule has 0 radical (unpaired) electrons. The molecular weight excluding hydrogens is 240 g/mol. The van der Waals surface area contributed by atoms with Crippen molar-refractivity contribution in [2.24, 2.45) is 0 Å². The molecule has 0 aromatic heterocycles. The van der Waals surface area contributed by atoms with Gasteiger partial charge in [0.1, 0.15) is 18.1 Å². The van der Waals surface area contributed by atoms with Gasteiger partial charge in [-0.25, -0.2) is 8.78 Å². The Bertz CT molecular complexity index is 427. The van der Waals surface area contributed by atoms with Crippen LogP contribution in [0.4, 0.5) is 8.78 Å². The van der Waals surface area contributed by atoms with E-state index in [1.54, 1.807) is 0 Å². The number of carbonyl (C=O) groups is 1. The predicted octanol–water partition coefficient (Wildman–Crippen LogP) is 2.01. The fourth-order valence-electron chi connectivity index (χ4n) is 1.89. The second-order valence-corrected chi connectivity index (χ2v) is 4.30. The Hall–Kier alpha value is -1.49. The van der Waals surface area contributed by atoms with Crippen LogP contribution in [0, 0.1) is 11.6 Å². The Morgan fingerprint density at radius 3 is 2.56 bits per heavy atom. The lowest BCUT2D eigenvalue weighted by Gasteiger charge is -2.25. The molecule has 0 atom stereocenters. The van der Waals surface area contributed by atoms with Crippen LogP contribution in [0.1, 0.15) is 12.8 Å². The van der Waals surface area contributed by atoms with E-state index in [2.05, 4.69) is 4.90 Å². The number of likely N-dealkylation sites (tertiary alicyclic amines) is 1. The molecule has 1 aromatic carbocycles. The maximum Gasteiger partial charge on any atom is 0.162 e. The lowest BCUT2D eigenvalue weighted by molar-refractivity contribution is -0.121. The van der Waals surface area contributed by atoms with Crippen molar-refractivity contribution in [3.8, 4) is 5.75 Å². The Morgan fingerprint density at radius 1 is 1.17 bits per heavy atom. The summed E-state index contributed by atoms with van der Waals surface area (Å²) in [5.41, 5.74) is 0. The molecule has 18 heavy (non-hydrogen) atoms. The molecule has 0 saturated carbocycles. The van der Waals surface area contributed by atoms with E-state index < -0.39 is 11.6 Å². The Labute approximate surface area is 104 Å². The minimum absolute atomic E-state index is 0.299. The maximum absolute atomic E-state index is 12.9. The van der Waals surface area contributed by atoms with Crippen molar-refractivity contribution in [3.05, 3.63) is 29.8 Å². The monoisotopic (exact) mass is 255 g/mol. The number of halogens is 2. The molecule has 5 heteroatoms. The fourth-order valence-corrected chi connectivity index (χ4v) is 1.89. The molecule has 0 spiro atoms. The number of Topliss-reactive ketones (excluding diaryl/α,β-unsaturated/α-hetero) is 1. The van der Waals surface area contributed by atoms with Crippen molar-refractivity contribution in [1.82, 2.24) is 4.90 Å². The van der Waals surface area contributed by atoms with E-state index in [1.165, 1.54) is 6.07 Å². The third-order valence-electron chi connectivity index (χ3n) is 2.98. The topological polar surface area (TPSA) is 29.5 Å². The second-order valence-electron chi connectivity index (χ2n) is 4.30. The highest BCUT2D eigenvalue weighted by Crippen LogP contribution is 2.15. The van der Waals surface area contributed by atoms with Crippen molar-refractivity contribution < 1.29 is 18.3 Å². The first-order valence-electron chi connectivity index (χ1n) is 5.97. The molecule has 98 valence electrons. The molecule has 1 aliphatic heterocycles. The Balaban J connectivity index is 1.74. The van der Waals surface area contributed by atoms with Gasteiger partial charge in [-0.2, -0.15) is 0 Å². The summed E-state index contributed by atoms with van der Waals surface area (Å²) in [6.07, 6.45) is 1.18. The van der Waals surface area contributed by atoms with Crippen LogP contribution >= 0.6 is 0 Å². The number of hydrogen-bond donors (Lipinski definition) is 0. The number of hydrogen-bond acceptors (Lipinski definition) is 3. The molecule has 0 unspecified atom stereocenters. The summed E-state index contributed by atoms with van der Waals surface area (Å²) in [5.74, 6) is -1.16. The van der Waals surface area contributed by atoms with Crippen molar-refractivity contribution in [1.29, 1.82) is 0 Å². The van der Waals surface area contributed by atoms with Gasteiger partial charge in [0.2, 0.25) is 0 Å². The molecule has 0 N–H and O–H groups in total. The Kier molecular flexibility index (Phi) is 4.25. The van der Waals surface area contributed by atoms with Gasteiger partial charge in [-0.15, -0.1) is 0 Å². The maximum atomic E-state index is 12.9. The highest BCUT2D eigenvalue weighted by Gasteiger charge is 2.15. The van der Waals surface area contributed by atoms with Crippen LogP contribution in [-0.4, -0.2) is 36.9 Å². The van der Waals surface area contributed by atoms with Gasteiger partial charge >= 0.3 is 0 Å². The molecule has 0 bridgehead atoms. The summed E-state index contributed by atoms with van der Waals surface area (Å²) in [5, 5.41) is 0. The third kappa shape index (κ3) is 3.50. The summed E-state index contributed by atoms with van der Waals surface area (Å²) in [7, 11) is 0. The van der Waals surface area contributed by atoms with Gasteiger partial charge in [0.05, 0.1) is 0 Å². The number of benzene rings is 1. The van der Waals surface area contributed by atoms with Crippen molar-refractivity contribution in [2.45, 2.75) is 12.8 Å². The van der Waals surface area contributed by atoms with Gasteiger partial charge in [-0.05, 0) is 12.1 Å². The van der Waals surface area contributed by atoms with Crippen LogP contribution in [0.15, 0.2) is 18.2 Å². The first-order chi connectivity index (χ1) is 8.65. The van der Waals surface area contributed by atoms with Crippen LogP contribution in [0.25, 0.3) is 0 Å². The summed E-state index contributed by atoms with van der Waals surface area (Å²) in [6, 6.07) is 3.48. The smallest absolute Gasteiger partial charge is 0.162 e. The van der Waals surface area contributed by atoms with E-state index in [0.29, 0.717) is 37.5 Å². The van der Waals surface area contributed by atoms with E-state index in [1.807, 2.05) is 0 Å². The normalized spacial score (nSPS) is 16.9. The molecule has 2 rings (SSSR count). The number of nitrogens with zero attached hydrogens (tertiary/aromatic N) is 1. The number of ketones is 1. The third-order valence-corrected chi connectivity index (χ3v) is 2.98. The minimum atomic E-state index is -0.906. The lowest BCUT2D eigenvalue weighted by atomic mass is 10.1. The van der Waals surface area contributed by atoms with Gasteiger partial charge < -0.3 is 4.74 Å². The first kappa shape index (κ1) is 13.0. The van der Waals surface area contributed by atoms with Crippen LogP contribution in [0.2, 0.25) is 0 Å². The number of piperidine rings is 1. The van der Waals surface area contributed by atoms with Crippen LogP contribution in [0.5, 0.6) is 5.75 Å². The van der Waals surface area contributed by atoms with Gasteiger partial charge in [0.25, 0.3) is 0 Å². The van der Waals surface area contributed by atoms with Crippen LogP contribution in [0.3, 0.4) is 0 Å². The van der Waals surface area contributed by atoms with Gasteiger partial charge in [-0.3, -0.25) is 9.69 Å². The molecule has 1 saturated heterocycles. The summed E-state index contributed by atoms with van der Waals surface area (Å²) >= 11 is 0. The van der Waals surface area contributed by atoms with E-state index in [4.69, 9.17) is 4.74 Å². The lowest BCUT2D eigenvalue weighted by Crippen LogP contribution is -2.36.